The van der Waals surface area contributed by atoms with Gasteiger partial charge in [0.25, 0.3) is 11.8 Å². The largest absolute Gasteiger partial charge is 0.366 e. The predicted octanol–water partition coefficient (Wildman–Crippen LogP) is 4.70. The standard InChI is InChI=1S/C26H29FN2O2/c1-16-5-10-22(19(4)12-16)23-24(28-13-17(2)11-18(3)14-28)26(31)29(25(23)30)15-20-6-8-21(27)9-7-20/h5-10,12,17-18H,11,13-15H2,1-4H3. The van der Waals surface area contributed by atoms with Crippen molar-refractivity contribution in [1.82, 2.24) is 9.80 Å². The molecule has 2 atom stereocenters. The van der Waals surface area contributed by atoms with E-state index < -0.39 is 0 Å². The zero-order valence-corrected chi connectivity index (χ0v) is 18.6. The maximum atomic E-state index is 13.6. The van der Waals surface area contributed by atoms with Crippen LogP contribution >= 0.6 is 0 Å². The molecular formula is C26H29FN2O2. The quantitative estimate of drug-likeness (QED) is 0.673. The summed E-state index contributed by atoms with van der Waals surface area (Å²) in [6.45, 7) is 10.0. The van der Waals surface area contributed by atoms with Crippen molar-refractivity contribution in [3.63, 3.8) is 0 Å². The van der Waals surface area contributed by atoms with Gasteiger partial charge in [-0.15, -0.1) is 0 Å². The van der Waals surface area contributed by atoms with Gasteiger partial charge in [-0.3, -0.25) is 14.5 Å². The Morgan fingerprint density at radius 2 is 1.58 bits per heavy atom. The molecule has 2 heterocycles. The summed E-state index contributed by atoms with van der Waals surface area (Å²) in [5.41, 5.74) is 4.64. The summed E-state index contributed by atoms with van der Waals surface area (Å²) in [5, 5.41) is 0. The van der Waals surface area contributed by atoms with Crippen molar-refractivity contribution >= 4 is 17.4 Å². The molecule has 2 unspecified atom stereocenters. The lowest BCUT2D eigenvalue weighted by atomic mass is 9.90. The number of hydrogen-bond acceptors (Lipinski definition) is 3. The van der Waals surface area contributed by atoms with Crippen LogP contribution in [0, 0.1) is 31.5 Å². The van der Waals surface area contributed by atoms with Crippen molar-refractivity contribution in [2.75, 3.05) is 13.1 Å². The molecule has 2 aliphatic heterocycles. The number of amides is 2. The molecule has 1 saturated heterocycles. The Hall–Kier alpha value is -2.95. The Bertz CT molecular complexity index is 1050. The van der Waals surface area contributed by atoms with E-state index in [1.54, 1.807) is 12.1 Å². The number of aryl methyl sites for hydroxylation is 2. The fraction of sp³-hybridized carbons (Fsp3) is 0.385. The summed E-state index contributed by atoms with van der Waals surface area (Å²) in [6, 6.07) is 11.9. The Kier molecular flexibility index (Phi) is 5.69. The molecule has 2 amide bonds. The molecule has 0 N–H and O–H groups in total. The SMILES string of the molecule is Cc1ccc(C2=C(N3CC(C)CC(C)C3)C(=O)N(Cc3ccc(F)cc3)C2=O)c(C)c1. The number of likely N-dealkylation sites (tertiary alicyclic amines) is 1. The van der Waals surface area contributed by atoms with Crippen LogP contribution in [-0.4, -0.2) is 34.7 Å². The lowest BCUT2D eigenvalue weighted by Gasteiger charge is -2.37. The molecule has 0 saturated carbocycles. The molecule has 162 valence electrons. The minimum atomic E-state index is -0.339. The van der Waals surface area contributed by atoms with E-state index in [1.807, 2.05) is 32.0 Å². The van der Waals surface area contributed by atoms with Crippen molar-refractivity contribution in [3.8, 4) is 0 Å². The number of carbonyl (C=O) groups excluding carboxylic acids is 2. The van der Waals surface area contributed by atoms with Crippen molar-refractivity contribution in [1.29, 1.82) is 0 Å². The van der Waals surface area contributed by atoms with Gasteiger partial charge in [-0.2, -0.15) is 0 Å². The third-order valence-electron chi connectivity index (χ3n) is 6.23. The normalized spacial score (nSPS) is 22.0. The number of carbonyl (C=O) groups is 2. The van der Waals surface area contributed by atoms with Crippen LogP contribution in [0.4, 0.5) is 4.39 Å². The molecule has 2 aromatic rings. The van der Waals surface area contributed by atoms with E-state index in [0.29, 0.717) is 23.1 Å². The summed E-state index contributed by atoms with van der Waals surface area (Å²) in [6.07, 6.45) is 1.12. The smallest absolute Gasteiger partial charge is 0.278 e. The van der Waals surface area contributed by atoms with E-state index in [1.165, 1.54) is 17.0 Å². The number of halogens is 1. The molecule has 2 aliphatic rings. The van der Waals surface area contributed by atoms with E-state index in [-0.39, 0.29) is 24.2 Å². The maximum Gasteiger partial charge on any atom is 0.278 e. The molecule has 4 rings (SSSR count). The molecule has 0 bridgehead atoms. The summed E-state index contributed by atoms with van der Waals surface area (Å²) in [4.78, 5) is 30.6. The predicted molar refractivity (Wildman–Crippen MR) is 119 cm³/mol. The van der Waals surface area contributed by atoms with Gasteiger partial charge >= 0.3 is 0 Å². The first-order chi connectivity index (χ1) is 14.7. The van der Waals surface area contributed by atoms with Crippen molar-refractivity contribution in [2.24, 2.45) is 11.8 Å². The van der Waals surface area contributed by atoms with E-state index >= 15 is 0 Å². The number of benzene rings is 2. The highest BCUT2D eigenvalue weighted by Gasteiger charge is 2.43. The van der Waals surface area contributed by atoms with Crippen LogP contribution in [0.1, 0.15) is 42.5 Å². The average Bonchev–Trinajstić information content (AvgIpc) is 2.93. The van der Waals surface area contributed by atoms with E-state index in [9.17, 15) is 14.0 Å². The first-order valence-corrected chi connectivity index (χ1v) is 10.9. The molecule has 31 heavy (non-hydrogen) atoms. The average molecular weight is 421 g/mol. The summed E-state index contributed by atoms with van der Waals surface area (Å²) in [7, 11) is 0. The Labute approximate surface area is 183 Å². The van der Waals surface area contributed by atoms with Crippen LogP contribution < -0.4 is 0 Å². The molecule has 1 fully saturated rings. The highest BCUT2D eigenvalue weighted by molar-refractivity contribution is 6.35. The summed E-state index contributed by atoms with van der Waals surface area (Å²) >= 11 is 0. The Morgan fingerprint density at radius 1 is 0.935 bits per heavy atom. The molecular weight excluding hydrogens is 391 g/mol. The number of piperidine rings is 1. The van der Waals surface area contributed by atoms with Gasteiger partial charge < -0.3 is 4.90 Å². The minimum absolute atomic E-state index is 0.134. The van der Waals surface area contributed by atoms with Crippen molar-refractivity contribution < 1.29 is 14.0 Å². The van der Waals surface area contributed by atoms with Gasteiger partial charge in [0, 0.05) is 13.1 Å². The monoisotopic (exact) mass is 420 g/mol. The van der Waals surface area contributed by atoms with Crippen LogP contribution in [0.25, 0.3) is 5.57 Å². The Morgan fingerprint density at radius 3 is 2.19 bits per heavy atom. The molecule has 0 spiro atoms. The molecule has 0 aromatic heterocycles. The zero-order chi connectivity index (χ0) is 22.3. The van der Waals surface area contributed by atoms with Crippen LogP contribution in [-0.2, 0) is 16.1 Å². The Balaban J connectivity index is 1.78. The highest BCUT2D eigenvalue weighted by Crippen LogP contribution is 2.37. The maximum absolute atomic E-state index is 13.6. The second-order valence-electron chi connectivity index (χ2n) is 9.22. The van der Waals surface area contributed by atoms with Gasteiger partial charge in [0.05, 0.1) is 12.1 Å². The van der Waals surface area contributed by atoms with Gasteiger partial charge in [0.15, 0.2) is 0 Å². The van der Waals surface area contributed by atoms with Crippen LogP contribution in [0.2, 0.25) is 0 Å². The molecule has 2 aromatic carbocycles. The van der Waals surface area contributed by atoms with Gasteiger partial charge in [-0.25, -0.2) is 4.39 Å². The highest BCUT2D eigenvalue weighted by atomic mass is 19.1. The molecule has 4 nitrogen and oxygen atoms in total. The summed E-state index contributed by atoms with van der Waals surface area (Å²) < 4.78 is 13.3. The zero-order valence-electron chi connectivity index (χ0n) is 18.6. The fourth-order valence-corrected chi connectivity index (χ4v) is 4.95. The molecule has 0 radical (unpaired) electrons. The minimum Gasteiger partial charge on any atom is -0.366 e. The lowest BCUT2D eigenvalue weighted by molar-refractivity contribution is -0.138. The number of hydrogen-bond donors (Lipinski definition) is 0. The topological polar surface area (TPSA) is 40.6 Å². The number of rotatable bonds is 4. The van der Waals surface area contributed by atoms with E-state index in [4.69, 9.17) is 0 Å². The van der Waals surface area contributed by atoms with Crippen molar-refractivity contribution in [3.05, 3.63) is 76.2 Å². The van der Waals surface area contributed by atoms with E-state index in [2.05, 4.69) is 18.7 Å². The third-order valence-corrected chi connectivity index (χ3v) is 6.23. The van der Waals surface area contributed by atoms with Gasteiger partial charge in [0.2, 0.25) is 0 Å². The van der Waals surface area contributed by atoms with Gasteiger partial charge in [-0.05, 0) is 60.9 Å². The van der Waals surface area contributed by atoms with E-state index in [0.717, 1.165) is 41.8 Å². The van der Waals surface area contributed by atoms with Crippen LogP contribution in [0.5, 0.6) is 0 Å². The van der Waals surface area contributed by atoms with Gasteiger partial charge in [0.1, 0.15) is 11.5 Å². The lowest BCUT2D eigenvalue weighted by Crippen LogP contribution is -2.41. The fourth-order valence-electron chi connectivity index (χ4n) is 4.95. The molecule has 5 heteroatoms. The van der Waals surface area contributed by atoms with Crippen LogP contribution in [0.3, 0.4) is 0 Å². The second kappa shape index (κ2) is 8.29. The first-order valence-electron chi connectivity index (χ1n) is 10.9. The van der Waals surface area contributed by atoms with Crippen molar-refractivity contribution in [2.45, 2.75) is 40.7 Å². The second-order valence-corrected chi connectivity index (χ2v) is 9.22. The van der Waals surface area contributed by atoms with Gasteiger partial charge in [-0.1, -0.05) is 49.7 Å². The molecule has 0 aliphatic carbocycles. The summed E-state index contributed by atoms with van der Waals surface area (Å²) in [5.74, 6) is 0.0259. The number of imide groups is 1. The first kappa shape index (κ1) is 21.3. The van der Waals surface area contributed by atoms with Crippen LogP contribution in [0.15, 0.2) is 48.2 Å². The third kappa shape index (κ3) is 4.14. The number of nitrogens with zero attached hydrogens (tertiary/aromatic N) is 2.